The van der Waals surface area contributed by atoms with Crippen molar-refractivity contribution in [1.82, 2.24) is 0 Å². The smallest absolute Gasteiger partial charge is 0.493 e. The molecular formula is C24H24ClF3O4. The average molecular weight is 469 g/mol. The van der Waals surface area contributed by atoms with Crippen molar-refractivity contribution in [2.45, 2.75) is 44.4 Å². The number of aliphatic carboxylic acids is 1. The molecular weight excluding hydrogens is 445 g/mol. The van der Waals surface area contributed by atoms with Gasteiger partial charge in [0.05, 0.1) is 12.5 Å². The number of carboxylic acid groups (broad SMARTS) is 1. The van der Waals surface area contributed by atoms with Crippen LogP contribution in [0.1, 0.15) is 49.1 Å². The summed E-state index contributed by atoms with van der Waals surface area (Å²) in [5.74, 6) is -0.409. The third-order valence-electron chi connectivity index (χ3n) is 6.29. The molecule has 32 heavy (non-hydrogen) atoms. The van der Waals surface area contributed by atoms with Crippen LogP contribution in [0.15, 0.2) is 42.5 Å². The van der Waals surface area contributed by atoms with Crippen molar-refractivity contribution in [3.8, 4) is 11.5 Å². The lowest BCUT2D eigenvalue weighted by Crippen LogP contribution is -2.20. The van der Waals surface area contributed by atoms with E-state index in [9.17, 15) is 23.1 Å². The molecule has 1 N–H and O–H groups in total. The Balaban J connectivity index is 1.39. The van der Waals surface area contributed by atoms with Crippen molar-refractivity contribution in [1.29, 1.82) is 0 Å². The number of halogens is 4. The van der Waals surface area contributed by atoms with E-state index in [-0.39, 0.29) is 23.5 Å². The molecule has 1 unspecified atom stereocenters. The molecule has 0 bridgehead atoms. The minimum absolute atomic E-state index is 0.00807. The van der Waals surface area contributed by atoms with E-state index in [2.05, 4.69) is 4.74 Å². The summed E-state index contributed by atoms with van der Waals surface area (Å²) >= 11 is 6.21. The Morgan fingerprint density at radius 3 is 2.59 bits per heavy atom. The third-order valence-corrected chi connectivity index (χ3v) is 6.63. The van der Waals surface area contributed by atoms with Gasteiger partial charge in [0.1, 0.15) is 11.5 Å². The molecule has 4 rings (SSSR count). The van der Waals surface area contributed by atoms with E-state index in [0.717, 1.165) is 24.8 Å². The van der Waals surface area contributed by atoms with Gasteiger partial charge in [-0.15, -0.1) is 13.2 Å². The highest BCUT2D eigenvalue weighted by molar-refractivity contribution is 6.31. The van der Waals surface area contributed by atoms with Gasteiger partial charge < -0.3 is 14.6 Å². The van der Waals surface area contributed by atoms with E-state index < -0.39 is 18.2 Å². The predicted molar refractivity (Wildman–Crippen MR) is 113 cm³/mol. The van der Waals surface area contributed by atoms with Gasteiger partial charge in [0.2, 0.25) is 0 Å². The molecule has 0 saturated heterocycles. The largest absolute Gasteiger partial charge is 0.573 e. The first-order valence-electron chi connectivity index (χ1n) is 10.6. The van der Waals surface area contributed by atoms with Crippen LogP contribution in [-0.4, -0.2) is 24.0 Å². The lowest BCUT2D eigenvalue weighted by molar-refractivity contribution is -0.274. The molecule has 2 aliphatic rings. The molecule has 0 radical (unpaired) electrons. The fourth-order valence-electron chi connectivity index (χ4n) is 4.41. The first-order valence-corrected chi connectivity index (χ1v) is 11.0. The average Bonchev–Trinajstić information content (AvgIpc) is 3.63. The number of benzene rings is 2. The van der Waals surface area contributed by atoms with Gasteiger partial charge in [0.15, 0.2) is 0 Å². The molecule has 0 heterocycles. The van der Waals surface area contributed by atoms with Gasteiger partial charge in [-0.05, 0) is 78.5 Å². The van der Waals surface area contributed by atoms with Crippen LogP contribution in [0.25, 0.3) is 0 Å². The topological polar surface area (TPSA) is 55.8 Å². The van der Waals surface area contributed by atoms with E-state index in [1.165, 1.54) is 18.2 Å². The molecule has 0 amide bonds. The van der Waals surface area contributed by atoms with Crippen molar-refractivity contribution in [2.75, 3.05) is 6.61 Å². The van der Waals surface area contributed by atoms with Crippen molar-refractivity contribution in [3.63, 3.8) is 0 Å². The second kappa shape index (κ2) is 8.85. The van der Waals surface area contributed by atoms with E-state index in [1.54, 1.807) is 6.92 Å². The van der Waals surface area contributed by atoms with Gasteiger partial charge in [-0.1, -0.05) is 30.7 Å². The van der Waals surface area contributed by atoms with Crippen LogP contribution in [0, 0.1) is 17.8 Å². The van der Waals surface area contributed by atoms with Crippen LogP contribution < -0.4 is 9.47 Å². The molecule has 4 atom stereocenters. The maximum atomic E-state index is 12.5. The van der Waals surface area contributed by atoms with Gasteiger partial charge in [-0.3, -0.25) is 4.79 Å². The summed E-state index contributed by atoms with van der Waals surface area (Å²) in [5, 5.41) is 9.88. The SMILES string of the molecule is C[C@H](C(=O)O)C(c1cccc(OC[C@H]2C[C@@H]2c2cc(OC(F)(F)F)ccc2Cl)c1)C1CC1. The molecule has 2 saturated carbocycles. The fraction of sp³-hybridized carbons (Fsp3) is 0.458. The highest BCUT2D eigenvalue weighted by Crippen LogP contribution is 2.51. The maximum Gasteiger partial charge on any atom is 0.573 e. The normalized spacial score (nSPS) is 22.2. The molecule has 0 spiro atoms. The molecule has 8 heteroatoms. The summed E-state index contributed by atoms with van der Waals surface area (Å²) in [7, 11) is 0. The number of alkyl halides is 3. The Morgan fingerprint density at radius 2 is 1.94 bits per heavy atom. The number of rotatable bonds is 9. The van der Waals surface area contributed by atoms with E-state index in [0.29, 0.717) is 28.9 Å². The Kier molecular flexibility index (Phi) is 6.30. The van der Waals surface area contributed by atoms with E-state index in [4.69, 9.17) is 16.3 Å². The van der Waals surface area contributed by atoms with Gasteiger partial charge in [-0.25, -0.2) is 0 Å². The summed E-state index contributed by atoms with van der Waals surface area (Å²) in [4.78, 5) is 11.5. The molecule has 2 aromatic rings. The standard InChI is InChI=1S/C24H24ClF3O4/c1-13(23(29)30)22(14-5-6-14)15-3-2-4-17(9-15)31-12-16-10-19(16)20-11-18(7-8-21(20)25)32-24(26,27)28/h2-4,7-9,11,13-14,16,19,22H,5-6,10,12H2,1H3,(H,29,30)/t13-,16+,19-,22?/m0/s1. The minimum Gasteiger partial charge on any atom is -0.493 e. The lowest BCUT2D eigenvalue weighted by atomic mass is 9.83. The first-order chi connectivity index (χ1) is 15.1. The van der Waals surface area contributed by atoms with E-state index in [1.807, 2.05) is 24.3 Å². The monoisotopic (exact) mass is 468 g/mol. The van der Waals surface area contributed by atoms with Crippen LogP contribution in [0.2, 0.25) is 5.02 Å². The van der Waals surface area contributed by atoms with E-state index >= 15 is 0 Å². The third kappa shape index (κ3) is 5.49. The summed E-state index contributed by atoms with van der Waals surface area (Å²) < 4.78 is 47.5. The molecule has 2 aliphatic carbocycles. The van der Waals surface area contributed by atoms with Crippen LogP contribution in [0.3, 0.4) is 0 Å². The zero-order valence-corrected chi connectivity index (χ0v) is 18.2. The maximum absolute atomic E-state index is 12.5. The number of carboxylic acids is 1. The lowest BCUT2D eigenvalue weighted by Gasteiger charge is -2.21. The number of ether oxygens (including phenoxy) is 2. The minimum atomic E-state index is -4.75. The van der Waals surface area contributed by atoms with Gasteiger partial charge in [0.25, 0.3) is 0 Å². The highest BCUT2D eigenvalue weighted by atomic mass is 35.5. The Morgan fingerprint density at radius 1 is 1.19 bits per heavy atom. The Labute approximate surface area is 189 Å². The van der Waals surface area contributed by atoms with Crippen molar-refractivity contribution in [2.24, 2.45) is 17.8 Å². The van der Waals surface area contributed by atoms with Crippen molar-refractivity contribution < 1.29 is 32.5 Å². The van der Waals surface area contributed by atoms with Gasteiger partial charge in [-0.2, -0.15) is 0 Å². The summed E-state index contributed by atoms with van der Waals surface area (Å²) in [6.07, 6.45) is -1.92. The number of carbonyl (C=O) groups is 1. The highest BCUT2D eigenvalue weighted by Gasteiger charge is 2.41. The quantitative estimate of drug-likeness (QED) is 0.448. The van der Waals surface area contributed by atoms with Crippen LogP contribution in [0.4, 0.5) is 13.2 Å². The molecule has 0 aliphatic heterocycles. The zero-order valence-electron chi connectivity index (χ0n) is 17.4. The van der Waals surface area contributed by atoms with Gasteiger partial charge in [0, 0.05) is 10.9 Å². The van der Waals surface area contributed by atoms with Crippen LogP contribution >= 0.6 is 11.6 Å². The first kappa shape index (κ1) is 22.8. The second-order valence-electron chi connectivity index (χ2n) is 8.71. The molecule has 172 valence electrons. The van der Waals surface area contributed by atoms with Crippen LogP contribution in [-0.2, 0) is 4.79 Å². The summed E-state index contributed by atoms with van der Waals surface area (Å²) in [6.45, 7) is 2.14. The fourth-order valence-corrected chi connectivity index (χ4v) is 4.67. The number of hydrogen-bond acceptors (Lipinski definition) is 3. The van der Waals surface area contributed by atoms with Crippen molar-refractivity contribution in [3.05, 3.63) is 58.6 Å². The Hall–Kier alpha value is -2.41. The molecule has 2 fully saturated rings. The predicted octanol–water partition coefficient (Wildman–Crippen LogP) is 6.64. The summed E-state index contributed by atoms with van der Waals surface area (Å²) in [6, 6.07) is 11.5. The second-order valence-corrected chi connectivity index (χ2v) is 9.11. The molecule has 4 nitrogen and oxygen atoms in total. The Bertz CT molecular complexity index is 989. The van der Waals surface area contributed by atoms with Gasteiger partial charge >= 0.3 is 12.3 Å². The van der Waals surface area contributed by atoms with Crippen LogP contribution in [0.5, 0.6) is 11.5 Å². The molecule has 0 aromatic heterocycles. The molecule has 2 aromatic carbocycles. The number of hydrogen-bond donors (Lipinski definition) is 1. The zero-order chi connectivity index (χ0) is 23.0. The summed E-state index contributed by atoms with van der Waals surface area (Å²) in [5.41, 5.74) is 1.59. The van der Waals surface area contributed by atoms with Crippen molar-refractivity contribution >= 4 is 17.6 Å².